The summed E-state index contributed by atoms with van der Waals surface area (Å²) in [6, 6.07) is 11.8. The van der Waals surface area contributed by atoms with Gasteiger partial charge in [0.2, 0.25) is 0 Å². The Morgan fingerprint density at radius 3 is 2.50 bits per heavy atom. The molecule has 1 fully saturated rings. The molecule has 0 radical (unpaired) electrons. The Morgan fingerprint density at radius 1 is 1.00 bits per heavy atom. The van der Waals surface area contributed by atoms with Gasteiger partial charge in [-0.1, -0.05) is 12.1 Å². The van der Waals surface area contributed by atoms with Crippen molar-refractivity contribution in [3.05, 3.63) is 48.0 Å². The molecular weight excluding hydrogens is 440 g/mol. The summed E-state index contributed by atoms with van der Waals surface area (Å²) in [6.45, 7) is 3.70. The van der Waals surface area contributed by atoms with Crippen LogP contribution in [0.15, 0.2) is 47.6 Å². The molecule has 10 nitrogen and oxygen atoms in total. The van der Waals surface area contributed by atoms with Crippen LogP contribution in [0.25, 0.3) is 0 Å². The second-order valence-corrected chi connectivity index (χ2v) is 7.37. The van der Waals surface area contributed by atoms with Gasteiger partial charge in [0.15, 0.2) is 18.1 Å². The molecule has 2 N–H and O–H groups in total. The average molecular weight is 469 g/mol. The van der Waals surface area contributed by atoms with Crippen molar-refractivity contribution in [2.24, 2.45) is 5.10 Å². The molecule has 0 atom stereocenters. The van der Waals surface area contributed by atoms with E-state index in [0.29, 0.717) is 35.1 Å². The monoisotopic (exact) mass is 468 g/mol. The van der Waals surface area contributed by atoms with Gasteiger partial charge in [0.1, 0.15) is 5.75 Å². The lowest BCUT2D eigenvalue weighted by Gasteiger charge is -2.16. The van der Waals surface area contributed by atoms with Gasteiger partial charge in [0, 0.05) is 13.1 Å². The summed E-state index contributed by atoms with van der Waals surface area (Å²) in [6.07, 6.45) is 3.39. The van der Waals surface area contributed by atoms with E-state index in [1.807, 2.05) is 6.92 Å². The first kappa shape index (κ1) is 24.6. The molecule has 0 spiro atoms. The molecule has 0 bridgehead atoms. The summed E-state index contributed by atoms with van der Waals surface area (Å²) < 4.78 is 16.4. The standard InChI is InChI=1S/C24H28N4O6/c1-3-33-19-9-5-4-8-18(19)26-23(30)24(31)27-25-15-17-10-11-20(21(14-17)32-2)34-16-22(29)28-12-6-7-13-28/h4-5,8-11,14-15H,3,6-7,12-13,16H2,1-2H3,(H,26,30)(H,27,31)/b25-15-. The summed E-state index contributed by atoms with van der Waals surface area (Å²) in [5.74, 6) is -0.581. The maximum atomic E-state index is 12.2. The van der Waals surface area contributed by atoms with E-state index in [4.69, 9.17) is 14.2 Å². The van der Waals surface area contributed by atoms with Crippen molar-refractivity contribution in [3.8, 4) is 17.2 Å². The van der Waals surface area contributed by atoms with Crippen LogP contribution < -0.4 is 25.0 Å². The molecule has 0 unspecified atom stereocenters. The second-order valence-electron chi connectivity index (χ2n) is 7.37. The van der Waals surface area contributed by atoms with E-state index in [9.17, 15) is 14.4 Å². The average Bonchev–Trinajstić information content (AvgIpc) is 3.39. The number of carbonyl (C=O) groups is 3. The number of hydrogen-bond acceptors (Lipinski definition) is 7. The van der Waals surface area contributed by atoms with E-state index in [-0.39, 0.29) is 12.5 Å². The molecule has 1 saturated heterocycles. The molecule has 2 aromatic rings. The van der Waals surface area contributed by atoms with Gasteiger partial charge in [-0.05, 0) is 55.7 Å². The maximum absolute atomic E-state index is 12.2. The first-order valence-corrected chi connectivity index (χ1v) is 11.0. The molecule has 1 aliphatic heterocycles. The lowest BCUT2D eigenvalue weighted by molar-refractivity contribution is -0.136. The van der Waals surface area contributed by atoms with E-state index >= 15 is 0 Å². The van der Waals surface area contributed by atoms with Crippen molar-refractivity contribution in [1.29, 1.82) is 0 Å². The quantitative estimate of drug-likeness (QED) is 0.331. The van der Waals surface area contributed by atoms with Crippen LogP contribution in [0.1, 0.15) is 25.3 Å². The molecular formula is C24H28N4O6. The zero-order valence-electron chi connectivity index (χ0n) is 19.2. The van der Waals surface area contributed by atoms with E-state index in [2.05, 4.69) is 15.8 Å². The lowest BCUT2D eigenvalue weighted by Crippen LogP contribution is -2.32. The van der Waals surface area contributed by atoms with E-state index < -0.39 is 11.8 Å². The highest BCUT2D eigenvalue weighted by molar-refractivity contribution is 6.39. The predicted molar refractivity (Wildman–Crippen MR) is 126 cm³/mol. The van der Waals surface area contributed by atoms with Gasteiger partial charge in [-0.15, -0.1) is 0 Å². The van der Waals surface area contributed by atoms with Gasteiger partial charge < -0.3 is 24.4 Å². The molecule has 0 aromatic heterocycles. The number of rotatable bonds is 9. The molecule has 2 aromatic carbocycles. The first-order chi connectivity index (χ1) is 16.5. The van der Waals surface area contributed by atoms with Crippen LogP contribution in [-0.4, -0.2) is 62.2 Å². The summed E-state index contributed by atoms with van der Waals surface area (Å²) in [5, 5.41) is 6.32. The SMILES string of the molecule is CCOc1ccccc1NC(=O)C(=O)N/N=C\c1ccc(OCC(=O)N2CCCC2)c(OC)c1. The second kappa shape index (κ2) is 12.2. The van der Waals surface area contributed by atoms with Gasteiger partial charge in [-0.3, -0.25) is 14.4 Å². The van der Waals surface area contributed by atoms with E-state index in [1.165, 1.54) is 13.3 Å². The Balaban J connectivity index is 1.54. The molecule has 3 amide bonds. The van der Waals surface area contributed by atoms with Crippen molar-refractivity contribution in [1.82, 2.24) is 10.3 Å². The molecule has 0 saturated carbocycles. The number of carbonyl (C=O) groups excluding carboxylic acids is 3. The van der Waals surface area contributed by atoms with Crippen molar-refractivity contribution in [3.63, 3.8) is 0 Å². The zero-order chi connectivity index (χ0) is 24.3. The van der Waals surface area contributed by atoms with Gasteiger partial charge in [-0.25, -0.2) is 5.43 Å². The number of hydrazone groups is 1. The van der Waals surface area contributed by atoms with Gasteiger partial charge in [0.05, 0.1) is 25.6 Å². The van der Waals surface area contributed by atoms with Gasteiger partial charge in [0.25, 0.3) is 5.91 Å². The number of amides is 3. The summed E-state index contributed by atoms with van der Waals surface area (Å²) in [4.78, 5) is 38.2. The Labute approximate surface area is 197 Å². The van der Waals surface area contributed by atoms with E-state index in [0.717, 1.165) is 25.9 Å². The largest absolute Gasteiger partial charge is 0.493 e. The Kier molecular flexibility index (Phi) is 8.84. The molecule has 180 valence electrons. The summed E-state index contributed by atoms with van der Waals surface area (Å²) in [5.41, 5.74) is 3.16. The normalized spacial score (nSPS) is 12.9. The minimum absolute atomic E-state index is 0.0601. The Bertz CT molecular complexity index is 1050. The molecule has 1 aliphatic rings. The lowest BCUT2D eigenvalue weighted by atomic mass is 10.2. The number of benzene rings is 2. The van der Waals surface area contributed by atoms with Crippen LogP contribution >= 0.6 is 0 Å². The van der Waals surface area contributed by atoms with Crippen LogP contribution in [0.5, 0.6) is 17.2 Å². The smallest absolute Gasteiger partial charge is 0.329 e. The van der Waals surface area contributed by atoms with Crippen LogP contribution in [-0.2, 0) is 14.4 Å². The van der Waals surface area contributed by atoms with Crippen molar-refractivity contribution >= 4 is 29.6 Å². The Morgan fingerprint density at radius 2 is 1.76 bits per heavy atom. The maximum Gasteiger partial charge on any atom is 0.329 e. The molecule has 3 rings (SSSR count). The zero-order valence-corrected chi connectivity index (χ0v) is 19.2. The highest BCUT2D eigenvalue weighted by Gasteiger charge is 2.19. The first-order valence-electron chi connectivity index (χ1n) is 11.0. The third kappa shape index (κ3) is 6.71. The number of ether oxygens (including phenoxy) is 3. The van der Waals surface area contributed by atoms with Crippen molar-refractivity contribution < 1.29 is 28.6 Å². The highest BCUT2D eigenvalue weighted by atomic mass is 16.5. The number of nitrogens with zero attached hydrogens (tertiary/aromatic N) is 2. The minimum Gasteiger partial charge on any atom is -0.493 e. The number of anilines is 1. The highest BCUT2D eigenvalue weighted by Crippen LogP contribution is 2.28. The fourth-order valence-electron chi connectivity index (χ4n) is 3.33. The number of methoxy groups -OCH3 is 1. The third-order valence-corrected chi connectivity index (χ3v) is 5.02. The van der Waals surface area contributed by atoms with Crippen LogP contribution in [0.3, 0.4) is 0 Å². The molecule has 0 aliphatic carbocycles. The molecule has 1 heterocycles. The fraction of sp³-hybridized carbons (Fsp3) is 0.333. The van der Waals surface area contributed by atoms with Crippen LogP contribution in [0.2, 0.25) is 0 Å². The van der Waals surface area contributed by atoms with Gasteiger partial charge >= 0.3 is 11.8 Å². The third-order valence-electron chi connectivity index (χ3n) is 5.02. The number of hydrogen-bond donors (Lipinski definition) is 2. The summed E-state index contributed by atoms with van der Waals surface area (Å²) >= 11 is 0. The number of para-hydroxylation sites is 2. The number of nitrogens with one attached hydrogen (secondary N) is 2. The van der Waals surface area contributed by atoms with E-state index in [1.54, 1.807) is 47.4 Å². The molecule has 10 heteroatoms. The van der Waals surface area contributed by atoms with Crippen molar-refractivity contribution in [2.45, 2.75) is 19.8 Å². The fourth-order valence-corrected chi connectivity index (χ4v) is 3.33. The molecule has 34 heavy (non-hydrogen) atoms. The number of likely N-dealkylation sites (tertiary alicyclic amines) is 1. The van der Waals surface area contributed by atoms with Crippen molar-refractivity contribution in [2.75, 3.05) is 38.7 Å². The minimum atomic E-state index is -0.935. The topological polar surface area (TPSA) is 119 Å². The van der Waals surface area contributed by atoms with Crippen LogP contribution in [0, 0.1) is 0 Å². The Hall–Kier alpha value is -4.08. The predicted octanol–water partition coefficient (Wildman–Crippen LogP) is 2.18. The van der Waals surface area contributed by atoms with Gasteiger partial charge in [-0.2, -0.15) is 5.10 Å². The summed E-state index contributed by atoms with van der Waals surface area (Å²) in [7, 11) is 1.48. The van der Waals surface area contributed by atoms with Crippen LogP contribution in [0.4, 0.5) is 5.69 Å².